The maximum absolute atomic E-state index is 12.4. The lowest BCUT2D eigenvalue weighted by atomic mass is 9.79. The third-order valence-electron chi connectivity index (χ3n) is 4.50. The van der Waals surface area contributed by atoms with E-state index in [-0.39, 0.29) is 0 Å². The number of nitrogens with zero attached hydrogens (tertiary/aromatic N) is 1. The van der Waals surface area contributed by atoms with E-state index in [2.05, 4.69) is 4.90 Å². The molecule has 110 valence electrons. The fourth-order valence-electron chi connectivity index (χ4n) is 3.05. The van der Waals surface area contributed by atoms with Gasteiger partial charge in [0, 0.05) is 25.6 Å². The lowest BCUT2D eigenvalue weighted by Gasteiger charge is -2.40. The molecule has 2 rings (SSSR count). The van der Waals surface area contributed by atoms with Crippen LogP contribution in [0.15, 0.2) is 0 Å². The van der Waals surface area contributed by atoms with Gasteiger partial charge in [-0.25, -0.2) is 0 Å². The van der Waals surface area contributed by atoms with Crippen LogP contribution in [0.5, 0.6) is 0 Å². The SMILES string of the molecule is CCOC1CC(CC(=O)N(CCCN)C2CCC2)C1. The predicted octanol–water partition coefficient (Wildman–Crippen LogP) is 1.92. The second-order valence-electron chi connectivity index (χ2n) is 5.93. The minimum absolute atomic E-state index is 0.345. The first-order chi connectivity index (χ1) is 9.24. The molecule has 2 N–H and O–H groups in total. The summed E-state index contributed by atoms with van der Waals surface area (Å²) in [5.74, 6) is 0.891. The number of nitrogens with two attached hydrogens (primary N) is 1. The number of hydrogen-bond donors (Lipinski definition) is 1. The maximum atomic E-state index is 12.4. The summed E-state index contributed by atoms with van der Waals surface area (Å²) in [5.41, 5.74) is 5.57. The van der Waals surface area contributed by atoms with Crippen molar-refractivity contribution in [2.24, 2.45) is 11.7 Å². The highest BCUT2D eigenvalue weighted by molar-refractivity contribution is 5.77. The van der Waals surface area contributed by atoms with Crippen molar-refractivity contribution in [3.63, 3.8) is 0 Å². The van der Waals surface area contributed by atoms with Crippen molar-refractivity contribution in [2.45, 2.75) is 64.0 Å². The molecule has 2 aliphatic carbocycles. The maximum Gasteiger partial charge on any atom is 0.223 e. The molecule has 4 heteroatoms. The number of carbonyl (C=O) groups is 1. The van der Waals surface area contributed by atoms with Crippen molar-refractivity contribution in [1.82, 2.24) is 4.90 Å². The van der Waals surface area contributed by atoms with E-state index in [1.54, 1.807) is 0 Å². The number of amides is 1. The summed E-state index contributed by atoms with van der Waals surface area (Å²) in [6.07, 6.45) is 7.81. The van der Waals surface area contributed by atoms with Gasteiger partial charge in [-0.15, -0.1) is 0 Å². The average molecular weight is 268 g/mol. The third-order valence-corrected chi connectivity index (χ3v) is 4.50. The van der Waals surface area contributed by atoms with Gasteiger partial charge in [-0.05, 0) is 57.9 Å². The van der Waals surface area contributed by atoms with Gasteiger partial charge in [-0.2, -0.15) is 0 Å². The van der Waals surface area contributed by atoms with E-state index in [4.69, 9.17) is 10.5 Å². The van der Waals surface area contributed by atoms with E-state index in [0.717, 1.165) is 32.4 Å². The Morgan fingerprint density at radius 3 is 2.63 bits per heavy atom. The highest BCUT2D eigenvalue weighted by Gasteiger charge is 2.34. The molecule has 0 heterocycles. The largest absolute Gasteiger partial charge is 0.378 e. The topological polar surface area (TPSA) is 55.6 Å². The lowest BCUT2D eigenvalue weighted by molar-refractivity contribution is -0.138. The summed E-state index contributed by atoms with van der Waals surface area (Å²) in [7, 11) is 0. The van der Waals surface area contributed by atoms with Crippen LogP contribution in [0.2, 0.25) is 0 Å². The Kier molecular flexibility index (Phi) is 5.64. The zero-order chi connectivity index (χ0) is 13.7. The molecule has 2 saturated carbocycles. The highest BCUT2D eigenvalue weighted by atomic mass is 16.5. The van der Waals surface area contributed by atoms with E-state index < -0.39 is 0 Å². The summed E-state index contributed by atoms with van der Waals surface area (Å²) >= 11 is 0. The molecule has 0 radical (unpaired) electrons. The van der Waals surface area contributed by atoms with Crippen LogP contribution in [0.25, 0.3) is 0 Å². The van der Waals surface area contributed by atoms with Crippen molar-refractivity contribution in [1.29, 1.82) is 0 Å². The Morgan fingerprint density at radius 2 is 2.11 bits per heavy atom. The van der Waals surface area contributed by atoms with Crippen molar-refractivity contribution < 1.29 is 9.53 Å². The molecule has 0 atom stereocenters. The fourth-order valence-corrected chi connectivity index (χ4v) is 3.05. The van der Waals surface area contributed by atoms with E-state index >= 15 is 0 Å². The molecular weight excluding hydrogens is 240 g/mol. The molecule has 0 aliphatic heterocycles. The molecule has 0 aromatic carbocycles. The summed E-state index contributed by atoms with van der Waals surface area (Å²) < 4.78 is 5.55. The third kappa shape index (κ3) is 3.93. The van der Waals surface area contributed by atoms with Crippen LogP contribution in [0, 0.1) is 5.92 Å². The first-order valence-corrected chi connectivity index (χ1v) is 7.85. The van der Waals surface area contributed by atoms with Gasteiger partial charge < -0.3 is 15.4 Å². The van der Waals surface area contributed by atoms with Crippen molar-refractivity contribution >= 4 is 5.91 Å². The van der Waals surface area contributed by atoms with Crippen LogP contribution in [-0.2, 0) is 9.53 Å². The number of ether oxygens (including phenoxy) is 1. The highest BCUT2D eigenvalue weighted by Crippen LogP contribution is 2.34. The molecule has 0 aromatic rings. The van der Waals surface area contributed by atoms with Crippen molar-refractivity contribution in [3.05, 3.63) is 0 Å². The molecule has 19 heavy (non-hydrogen) atoms. The van der Waals surface area contributed by atoms with E-state index in [1.807, 2.05) is 6.92 Å². The van der Waals surface area contributed by atoms with Crippen LogP contribution < -0.4 is 5.73 Å². The minimum atomic E-state index is 0.345. The summed E-state index contributed by atoms with van der Waals surface area (Å²) in [4.78, 5) is 14.5. The van der Waals surface area contributed by atoms with Gasteiger partial charge in [0.2, 0.25) is 5.91 Å². The Labute approximate surface area is 116 Å². The Bertz CT molecular complexity index is 286. The van der Waals surface area contributed by atoms with E-state index in [1.165, 1.54) is 19.3 Å². The van der Waals surface area contributed by atoms with Gasteiger partial charge >= 0.3 is 0 Å². The van der Waals surface area contributed by atoms with Gasteiger partial charge in [-0.1, -0.05) is 0 Å². The van der Waals surface area contributed by atoms with Crippen LogP contribution in [0.1, 0.15) is 51.9 Å². The molecule has 2 fully saturated rings. The summed E-state index contributed by atoms with van der Waals surface area (Å²) in [6, 6.07) is 0.502. The number of rotatable bonds is 8. The summed E-state index contributed by atoms with van der Waals surface area (Å²) in [6.45, 7) is 4.34. The van der Waals surface area contributed by atoms with Crippen LogP contribution in [0.3, 0.4) is 0 Å². The smallest absolute Gasteiger partial charge is 0.223 e. The number of carbonyl (C=O) groups excluding carboxylic acids is 1. The lowest BCUT2D eigenvalue weighted by Crippen LogP contribution is -2.46. The Hall–Kier alpha value is -0.610. The van der Waals surface area contributed by atoms with Crippen molar-refractivity contribution in [3.8, 4) is 0 Å². The van der Waals surface area contributed by atoms with Gasteiger partial charge in [-0.3, -0.25) is 4.79 Å². The van der Waals surface area contributed by atoms with Gasteiger partial charge in [0.05, 0.1) is 6.10 Å². The monoisotopic (exact) mass is 268 g/mol. The first-order valence-electron chi connectivity index (χ1n) is 7.85. The second-order valence-corrected chi connectivity index (χ2v) is 5.93. The van der Waals surface area contributed by atoms with Crippen LogP contribution >= 0.6 is 0 Å². The van der Waals surface area contributed by atoms with Crippen molar-refractivity contribution in [2.75, 3.05) is 19.7 Å². The van der Waals surface area contributed by atoms with Gasteiger partial charge in [0.1, 0.15) is 0 Å². The first kappa shape index (κ1) is 14.8. The summed E-state index contributed by atoms with van der Waals surface area (Å²) in [5, 5.41) is 0. The average Bonchev–Trinajstić information content (AvgIpc) is 2.29. The molecule has 2 aliphatic rings. The quantitative estimate of drug-likeness (QED) is 0.731. The van der Waals surface area contributed by atoms with E-state index in [9.17, 15) is 4.79 Å². The number of hydrogen-bond acceptors (Lipinski definition) is 3. The zero-order valence-corrected chi connectivity index (χ0v) is 12.1. The van der Waals surface area contributed by atoms with Crippen LogP contribution in [0.4, 0.5) is 0 Å². The molecule has 0 aromatic heterocycles. The molecule has 1 amide bonds. The second kappa shape index (κ2) is 7.25. The molecular formula is C15H28N2O2. The van der Waals surface area contributed by atoms with Gasteiger partial charge in [0.15, 0.2) is 0 Å². The Balaban J connectivity index is 1.73. The molecule has 0 unspecified atom stereocenters. The Morgan fingerprint density at radius 1 is 1.37 bits per heavy atom. The van der Waals surface area contributed by atoms with E-state index in [0.29, 0.717) is 36.9 Å². The fraction of sp³-hybridized carbons (Fsp3) is 0.933. The molecule has 4 nitrogen and oxygen atoms in total. The normalized spacial score (nSPS) is 26.6. The molecule has 0 saturated heterocycles. The van der Waals surface area contributed by atoms with Gasteiger partial charge in [0.25, 0.3) is 0 Å². The molecule has 0 spiro atoms. The standard InChI is InChI=1S/C15H28N2O2/c1-2-19-14-9-12(10-14)11-15(18)17(8-4-7-16)13-5-3-6-13/h12-14H,2-11,16H2,1H3. The zero-order valence-electron chi connectivity index (χ0n) is 12.1. The van der Waals surface area contributed by atoms with Crippen LogP contribution in [-0.4, -0.2) is 42.6 Å². The minimum Gasteiger partial charge on any atom is -0.378 e. The molecule has 0 bridgehead atoms. The predicted molar refractivity (Wildman–Crippen MR) is 75.8 cm³/mol.